The van der Waals surface area contributed by atoms with Gasteiger partial charge >= 0.3 is 5.97 Å². The van der Waals surface area contributed by atoms with Crippen LogP contribution in [0.2, 0.25) is 0 Å². The molecule has 2 N–H and O–H groups in total. The van der Waals surface area contributed by atoms with Crippen LogP contribution in [0.25, 0.3) is 10.9 Å². The van der Waals surface area contributed by atoms with E-state index in [4.69, 9.17) is 4.74 Å². The summed E-state index contributed by atoms with van der Waals surface area (Å²) < 4.78 is 5.34. The van der Waals surface area contributed by atoms with E-state index < -0.39 is 18.0 Å². The fourth-order valence-corrected chi connectivity index (χ4v) is 5.14. The summed E-state index contributed by atoms with van der Waals surface area (Å²) in [6.45, 7) is 2.41. The third-order valence-electron chi connectivity index (χ3n) is 7.09. The van der Waals surface area contributed by atoms with Crippen molar-refractivity contribution in [2.24, 2.45) is 11.8 Å². The second-order valence-electron chi connectivity index (χ2n) is 9.26. The Kier molecular flexibility index (Phi) is 11.9. The highest BCUT2D eigenvalue weighted by atomic mass is 35.5. The zero-order valence-electron chi connectivity index (χ0n) is 20.6. The predicted molar refractivity (Wildman–Crippen MR) is 147 cm³/mol. The molecule has 0 spiro atoms. The topological polar surface area (TPSA) is 82.9 Å². The molecule has 1 unspecified atom stereocenters. The lowest BCUT2D eigenvalue weighted by Gasteiger charge is -2.37. The van der Waals surface area contributed by atoms with Gasteiger partial charge in [-0.25, -0.2) is 0 Å². The van der Waals surface area contributed by atoms with Crippen molar-refractivity contribution < 1.29 is 19.7 Å². The van der Waals surface area contributed by atoms with E-state index >= 15 is 0 Å². The molecule has 36 heavy (non-hydrogen) atoms. The molecule has 1 aliphatic rings. The lowest BCUT2D eigenvalue weighted by molar-refractivity contribution is -0.146. The van der Waals surface area contributed by atoms with Crippen molar-refractivity contribution in [3.8, 4) is 5.75 Å². The zero-order chi connectivity index (χ0) is 23.9. The van der Waals surface area contributed by atoms with Crippen LogP contribution in [0.15, 0.2) is 60.8 Å². The summed E-state index contributed by atoms with van der Waals surface area (Å²) in [6.07, 6.45) is 5.13. The number of carboxylic acids is 1. The molecule has 1 saturated heterocycles. The van der Waals surface area contributed by atoms with Gasteiger partial charge in [0.2, 0.25) is 0 Å². The zero-order valence-corrected chi connectivity index (χ0v) is 22.2. The maximum absolute atomic E-state index is 12.1. The van der Waals surface area contributed by atoms with Crippen LogP contribution >= 0.6 is 24.8 Å². The average Bonchev–Trinajstić information content (AvgIpc) is 2.87. The van der Waals surface area contributed by atoms with Crippen LogP contribution < -0.4 is 4.74 Å². The first-order chi connectivity index (χ1) is 16.5. The smallest absolute Gasteiger partial charge is 0.308 e. The summed E-state index contributed by atoms with van der Waals surface area (Å²) in [4.78, 5) is 18.7. The minimum Gasteiger partial charge on any atom is -0.497 e. The van der Waals surface area contributed by atoms with Gasteiger partial charge in [0, 0.05) is 18.1 Å². The number of aromatic nitrogens is 1. The van der Waals surface area contributed by atoms with Crippen molar-refractivity contribution in [1.29, 1.82) is 0 Å². The number of nitrogens with zero attached hydrogens (tertiary/aromatic N) is 2. The van der Waals surface area contributed by atoms with E-state index in [9.17, 15) is 15.0 Å². The van der Waals surface area contributed by atoms with Crippen LogP contribution in [-0.2, 0) is 11.2 Å². The van der Waals surface area contributed by atoms with Crippen LogP contribution in [-0.4, -0.2) is 52.8 Å². The first-order valence-electron chi connectivity index (χ1n) is 12.1. The Labute approximate surface area is 225 Å². The lowest BCUT2D eigenvalue weighted by atomic mass is 9.81. The van der Waals surface area contributed by atoms with Crippen molar-refractivity contribution in [3.63, 3.8) is 0 Å². The summed E-state index contributed by atoms with van der Waals surface area (Å²) in [5, 5.41) is 21.8. The quantitative estimate of drug-likeness (QED) is 0.354. The third kappa shape index (κ3) is 7.56. The van der Waals surface area contributed by atoms with Crippen LogP contribution in [0, 0.1) is 11.8 Å². The van der Waals surface area contributed by atoms with Crippen LogP contribution in [0.5, 0.6) is 5.75 Å². The van der Waals surface area contributed by atoms with E-state index in [2.05, 4.69) is 34.1 Å². The van der Waals surface area contributed by atoms with Gasteiger partial charge in [0.05, 0.1) is 24.6 Å². The number of benzene rings is 2. The number of aliphatic hydroxyl groups excluding tert-OH is 1. The number of hydrogen-bond acceptors (Lipinski definition) is 5. The minimum absolute atomic E-state index is 0. The highest BCUT2D eigenvalue weighted by Gasteiger charge is 2.34. The highest BCUT2D eigenvalue weighted by molar-refractivity contribution is 5.85. The first-order valence-corrected chi connectivity index (χ1v) is 12.1. The molecule has 0 saturated carbocycles. The molecule has 2 heterocycles. The van der Waals surface area contributed by atoms with Crippen molar-refractivity contribution in [2.45, 2.75) is 38.2 Å². The van der Waals surface area contributed by atoms with E-state index in [1.165, 1.54) is 5.56 Å². The number of fused-ring (bicyclic) bond motifs is 1. The monoisotopic (exact) mass is 534 g/mol. The highest BCUT2D eigenvalue weighted by Crippen LogP contribution is 2.33. The molecule has 1 aliphatic heterocycles. The fraction of sp³-hybridized carbons (Fsp3) is 0.429. The second-order valence-corrected chi connectivity index (χ2v) is 9.26. The number of methoxy groups -OCH3 is 1. The SMILES string of the molecule is COc1ccc2nccc(C(O)CC[C@@H]3CCN(CCCc4ccccc4)C[C@@H]3C(=O)O)c2c1.Cl.Cl. The van der Waals surface area contributed by atoms with Crippen LogP contribution in [0.4, 0.5) is 0 Å². The number of hydrogen-bond donors (Lipinski definition) is 2. The van der Waals surface area contributed by atoms with Gasteiger partial charge in [-0.2, -0.15) is 0 Å². The Balaban J connectivity index is 0.00000228. The third-order valence-corrected chi connectivity index (χ3v) is 7.09. The van der Waals surface area contributed by atoms with Gasteiger partial charge in [-0.15, -0.1) is 24.8 Å². The molecule has 8 heteroatoms. The predicted octanol–water partition coefficient (Wildman–Crippen LogP) is 5.56. The number of carboxylic acid groups (broad SMARTS) is 1. The molecular formula is C28H36Cl2N2O4. The molecule has 4 rings (SSSR count). The van der Waals surface area contributed by atoms with Gasteiger partial charge in [0.1, 0.15) is 5.75 Å². The average molecular weight is 536 g/mol. The Bertz CT molecular complexity index is 1100. The van der Waals surface area contributed by atoms with Crippen molar-refractivity contribution in [2.75, 3.05) is 26.7 Å². The van der Waals surface area contributed by atoms with E-state index in [1.54, 1.807) is 13.3 Å². The van der Waals surface area contributed by atoms with Crippen LogP contribution in [0.3, 0.4) is 0 Å². The van der Waals surface area contributed by atoms with Crippen LogP contribution in [0.1, 0.15) is 42.9 Å². The molecule has 1 aromatic heterocycles. The largest absolute Gasteiger partial charge is 0.497 e. The summed E-state index contributed by atoms with van der Waals surface area (Å²) >= 11 is 0. The maximum Gasteiger partial charge on any atom is 0.308 e. The Hall–Kier alpha value is -2.38. The minimum atomic E-state index is -0.730. The molecule has 196 valence electrons. The number of carbonyl (C=O) groups is 1. The summed E-state index contributed by atoms with van der Waals surface area (Å²) in [7, 11) is 1.62. The maximum atomic E-state index is 12.1. The van der Waals surface area contributed by atoms with Crippen molar-refractivity contribution in [3.05, 3.63) is 71.9 Å². The number of ether oxygens (including phenoxy) is 1. The molecule has 0 radical (unpaired) electrons. The van der Waals surface area contributed by atoms with Gasteiger partial charge in [0.25, 0.3) is 0 Å². The molecule has 0 amide bonds. The van der Waals surface area contributed by atoms with E-state index in [-0.39, 0.29) is 30.7 Å². The molecular weight excluding hydrogens is 499 g/mol. The number of likely N-dealkylation sites (tertiary alicyclic amines) is 1. The van der Waals surface area contributed by atoms with Gasteiger partial charge < -0.3 is 19.8 Å². The molecule has 3 atom stereocenters. The molecule has 2 aromatic carbocycles. The normalized spacial score (nSPS) is 18.6. The van der Waals surface area contributed by atoms with E-state index in [0.717, 1.165) is 54.6 Å². The number of aryl methyl sites for hydroxylation is 1. The molecule has 3 aromatic rings. The summed E-state index contributed by atoms with van der Waals surface area (Å²) in [5.41, 5.74) is 2.95. The Morgan fingerprint density at radius 2 is 1.94 bits per heavy atom. The molecule has 0 aliphatic carbocycles. The van der Waals surface area contributed by atoms with Gasteiger partial charge in [0.15, 0.2) is 0 Å². The Morgan fingerprint density at radius 3 is 2.67 bits per heavy atom. The summed E-state index contributed by atoms with van der Waals surface area (Å²) in [5.74, 6) is -0.335. The molecule has 1 fully saturated rings. The fourth-order valence-electron chi connectivity index (χ4n) is 5.14. The lowest BCUT2D eigenvalue weighted by Crippen LogP contribution is -2.44. The van der Waals surface area contributed by atoms with E-state index in [0.29, 0.717) is 19.4 Å². The summed E-state index contributed by atoms with van der Waals surface area (Å²) in [6, 6.07) is 17.9. The number of pyridine rings is 1. The Morgan fingerprint density at radius 1 is 1.17 bits per heavy atom. The number of aliphatic hydroxyl groups is 1. The van der Waals surface area contributed by atoms with Gasteiger partial charge in [-0.1, -0.05) is 30.3 Å². The molecule has 6 nitrogen and oxygen atoms in total. The number of halogens is 2. The number of rotatable bonds is 10. The molecule has 0 bridgehead atoms. The first kappa shape index (κ1) is 29.8. The standard InChI is InChI=1S/C28H34N2O4.2ClH/c1-34-22-10-11-26-24(18-22)23(13-15-29-26)27(31)12-9-21-14-17-30(19-25(21)28(32)33)16-5-8-20-6-3-2-4-7-20;;/h2-4,6-7,10-11,13,15,18,21,25,27,31H,5,8-9,12,14,16-17,19H2,1H3,(H,32,33);2*1H/t21-,25+,27?;;/m1../s1. The van der Waals surface area contributed by atoms with Gasteiger partial charge in [-0.3, -0.25) is 9.78 Å². The van der Waals surface area contributed by atoms with Gasteiger partial charge in [-0.05, 0) is 86.5 Å². The van der Waals surface area contributed by atoms with E-state index in [1.807, 2.05) is 30.3 Å². The van der Waals surface area contributed by atoms with Crippen molar-refractivity contribution >= 4 is 41.7 Å². The number of piperidine rings is 1. The second kappa shape index (κ2) is 14.4. The number of aliphatic carboxylic acids is 1. The van der Waals surface area contributed by atoms with Crippen molar-refractivity contribution in [1.82, 2.24) is 9.88 Å².